The summed E-state index contributed by atoms with van der Waals surface area (Å²) in [7, 11) is 0. The summed E-state index contributed by atoms with van der Waals surface area (Å²) >= 11 is 0. The zero-order chi connectivity index (χ0) is 13.8. The minimum Gasteiger partial charge on any atom is -0.480 e. The van der Waals surface area contributed by atoms with Crippen LogP contribution in [0.5, 0.6) is 0 Å². The Balaban J connectivity index is 2.92. The summed E-state index contributed by atoms with van der Waals surface area (Å²) in [5, 5.41) is 11.6. The topological polar surface area (TPSA) is 99.3 Å². The molecule has 0 aliphatic carbocycles. The van der Waals surface area contributed by atoms with Gasteiger partial charge in [-0.2, -0.15) is 0 Å². The zero-order valence-electron chi connectivity index (χ0n) is 10.3. The number of amides is 1. The molecule has 0 spiro atoms. The van der Waals surface area contributed by atoms with Crippen molar-refractivity contribution in [1.29, 1.82) is 0 Å². The van der Waals surface area contributed by atoms with Crippen molar-refractivity contribution in [3.05, 3.63) is 34.2 Å². The van der Waals surface area contributed by atoms with Gasteiger partial charge in [0.2, 0.25) is 5.56 Å². The lowest BCUT2D eigenvalue weighted by Crippen LogP contribution is -2.52. The van der Waals surface area contributed by atoms with E-state index in [0.717, 1.165) is 0 Å². The normalized spacial score (nSPS) is 13.7. The molecule has 0 saturated heterocycles. The fourth-order valence-corrected chi connectivity index (χ4v) is 1.62. The number of aliphatic carboxylic acids is 1. The molecule has 18 heavy (non-hydrogen) atoms. The first-order valence-electron chi connectivity index (χ1n) is 5.64. The van der Waals surface area contributed by atoms with Crippen LogP contribution in [0.3, 0.4) is 0 Å². The molecular weight excluding hydrogens is 236 g/mol. The summed E-state index contributed by atoms with van der Waals surface area (Å²) in [6.45, 7) is 3.27. The molecule has 0 radical (unpaired) electrons. The van der Waals surface area contributed by atoms with Crippen LogP contribution >= 0.6 is 0 Å². The van der Waals surface area contributed by atoms with Gasteiger partial charge in [-0.3, -0.25) is 9.59 Å². The molecule has 98 valence electrons. The standard InChI is InChI=1S/C12H16N2O4/c1-3-7-12(2,11(17)18)14-10(16)8-5-4-6-9(15)13-8/h4-6H,3,7H2,1-2H3,(H,13,15)(H,14,16)(H,17,18). The van der Waals surface area contributed by atoms with E-state index in [4.69, 9.17) is 5.11 Å². The Morgan fingerprint density at radius 1 is 1.44 bits per heavy atom. The van der Waals surface area contributed by atoms with E-state index < -0.39 is 23.0 Å². The highest BCUT2D eigenvalue weighted by molar-refractivity contribution is 5.96. The molecule has 1 rings (SSSR count). The first kappa shape index (κ1) is 14.0. The number of carboxylic acids is 1. The van der Waals surface area contributed by atoms with E-state index >= 15 is 0 Å². The number of carbonyl (C=O) groups excluding carboxylic acids is 1. The minimum absolute atomic E-state index is 0.0473. The molecule has 0 saturated carbocycles. The maximum Gasteiger partial charge on any atom is 0.329 e. The Morgan fingerprint density at radius 2 is 2.11 bits per heavy atom. The Bertz CT molecular complexity index is 509. The number of hydrogen-bond acceptors (Lipinski definition) is 3. The molecule has 0 aromatic carbocycles. The van der Waals surface area contributed by atoms with Crippen LogP contribution in [0, 0.1) is 0 Å². The highest BCUT2D eigenvalue weighted by Gasteiger charge is 2.34. The lowest BCUT2D eigenvalue weighted by atomic mass is 9.96. The number of aromatic nitrogens is 1. The Morgan fingerprint density at radius 3 is 2.61 bits per heavy atom. The summed E-state index contributed by atoms with van der Waals surface area (Å²) in [5.74, 6) is -1.71. The van der Waals surface area contributed by atoms with Crippen molar-refractivity contribution in [3.8, 4) is 0 Å². The van der Waals surface area contributed by atoms with Crippen LogP contribution in [0.1, 0.15) is 37.2 Å². The molecule has 1 unspecified atom stereocenters. The van der Waals surface area contributed by atoms with Crippen molar-refractivity contribution in [2.75, 3.05) is 0 Å². The highest BCUT2D eigenvalue weighted by Crippen LogP contribution is 2.13. The second-order valence-corrected chi connectivity index (χ2v) is 4.27. The number of carboxylic acid groups (broad SMARTS) is 1. The zero-order valence-corrected chi connectivity index (χ0v) is 10.3. The van der Waals surface area contributed by atoms with E-state index in [9.17, 15) is 14.4 Å². The number of aromatic amines is 1. The molecule has 1 atom stereocenters. The quantitative estimate of drug-likeness (QED) is 0.720. The van der Waals surface area contributed by atoms with Crippen molar-refractivity contribution in [1.82, 2.24) is 10.3 Å². The van der Waals surface area contributed by atoms with Crippen molar-refractivity contribution < 1.29 is 14.7 Å². The predicted octanol–water partition coefficient (Wildman–Crippen LogP) is 0.748. The van der Waals surface area contributed by atoms with Gasteiger partial charge in [-0.1, -0.05) is 19.4 Å². The third kappa shape index (κ3) is 3.19. The molecule has 1 heterocycles. The van der Waals surface area contributed by atoms with Gasteiger partial charge in [0.1, 0.15) is 11.2 Å². The largest absolute Gasteiger partial charge is 0.480 e. The molecule has 0 bridgehead atoms. The minimum atomic E-state index is -1.33. The van der Waals surface area contributed by atoms with Gasteiger partial charge in [-0.15, -0.1) is 0 Å². The van der Waals surface area contributed by atoms with E-state index in [1.807, 2.05) is 6.92 Å². The van der Waals surface area contributed by atoms with E-state index in [-0.39, 0.29) is 5.69 Å². The number of carbonyl (C=O) groups is 2. The number of hydrogen-bond donors (Lipinski definition) is 3. The van der Waals surface area contributed by atoms with Gasteiger partial charge < -0.3 is 15.4 Å². The van der Waals surface area contributed by atoms with E-state index in [1.165, 1.54) is 25.1 Å². The molecule has 6 heteroatoms. The fraction of sp³-hybridized carbons (Fsp3) is 0.417. The fourth-order valence-electron chi connectivity index (χ4n) is 1.62. The van der Waals surface area contributed by atoms with Crippen molar-refractivity contribution in [2.45, 2.75) is 32.2 Å². The van der Waals surface area contributed by atoms with Crippen LogP contribution < -0.4 is 10.9 Å². The van der Waals surface area contributed by atoms with Gasteiger partial charge in [0.25, 0.3) is 5.91 Å². The van der Waals surface area contributed by atoms with Crippen molar-refractivity contribution in [3.63, 3.8) is 0 Å². The summed E-state index contributed by atoms with van der Waals surface area (Å²) in [5.41, 5.74) is -1.69. The summed E-state index contributed by atoms with van der Waals surface area (Å²) in [6.07, 6.45) is 0.930. The smallest absolute Gasteiger partial charge is 0.329 e. The highest BCUT2D eigenvalue weighted by atomic mass is 16.4. The first-order valence-corrected chi connectivity index (χ1v) is 5.64. The van der Waals surface area contributed by atoms with E-state index in [0.29, 0.717) is 12.8 Å². The average Bonchev–Trinajstić information content (AvgIpc) is 2.29. The molecule has 1 aromatic heterocycles. The molecular formula is C12H16N2O4. The van der Waals surface area contributed by atoms with Crippen molar-refractivity contribution in [2.24, 2.45) is 0 Å². The maximum absolute atomic E-state index is 11.8. The summed E-state index contributed by atoms with van der Waals surface area (Å²) in [4.78, 5) is 36.4. The Kier molecular flexibility index (Phi) is 4.25. The van der Waals surface area contributed by atoms with Gasteiger partial charge in [0.15, 0.2) is 0 Å². The van der Waals surface area contributed by atoms with E-state index in [1.54, 1.807) is 0 Å². The lowest BCUT2D eigenvalue weighted by molar-refractivity contribution is -0.144. The van der Waals surface area contributed by atoms with E-state index in [2.05, 4.69) is 10.3 Å². The van der Waals surface area contributed by atoms with Crippen LogP contribution in [-0.4, -0.2) is 27.5 Å². The molecule has 6 nitrogen and oxygen atoms in total. The van der Waals surface area contributed by atoms with Gasteiger partial charge in [-0.25, -0.2) is 4.79 Å². The van der Waals surface area contributed by atoms with Gasteiger partial charge in [0, 0.05) is 6.07 Å². The number of pyridine rings is 1. The third-order valence-corrected chi connectivity index (χ3v) is 2.62. The van der Waals surface area contributed by atoms with Gasteiger partial charge in [-0.05, 0) is 19.4 Å². The molecule has 3 N–H and O–H groups in total. The SMILES string of the molecule is CCCC(C)(NC(=O)c1cccc(=O)[nH]1)C(=O)O. The molecule has 0 aliphatic rings. The second-order valence-electron chi connectivity index (χ2n) is 4.27. The molecule has 1 aromatic rings. The van der Waals surface area contributed by atoms with Crippen LogP contribution in [0.25, 0.3) is 0 Å². The van der Waals surface area contributed by atoms with Crippen LogP contribution in [0.4, 0.5) is 0 Å². The second kappa shape index (κ2) is 5.48. The molecule has 1 amide bonds. The Hall–Kier alpha value is -2.11. The monoisotopic (exact) mass is 252 g/mol. The summed E-state index contributed by atoms with van der Waals surface area (Å²) < 4.78 is 0. The maximum atomic E-state index is 11.8. The third-order valence-electron chi connectivity index (χ3n) is 2.62. The molecule has 0 aliphatic heterocycles. The van der Waals surface area contributed by atoms with Crippen LogP contribution in [-0.2, 0) is 4.79 Å². The van der Waals surface area contributed by atoms with Crippen LogP contribution in [0.15, 0.2) is 23.0 Å². The Labute approximate surface area is 104 Å². The summed E-state index contributed by atoms with van der Waals surface area (Å²) in [6, 6.07) is 4.13. The van der Waals surface area contributed by atoms with Crippen LogP contribution in [0.2, 0.25) is 0 Å². The predicted molar refractivity (Wildman–Crippen MR) is 65.5 cm³/mol. The first-order chi connectivity index (χ1) is 8.39. The number of H-pyrrole nitrogens is 1. The van der Waals surface area contributed by atoms with Crippen molar-refractivity contribution >= 4 is 11.9 Å². The molecule has 0 fully saturated rings. The van der Waals surface area contributed by atoms with Gasteiger partial charge >= 0.3 is 5.97 Å². The average molecular weight is 252 g/mol. The number of nitrogens with one attached hydrogen (secondary N) is 2. The van der Waals surface area contributed by atoms with Gasteiger partial charge in [0.05, 0.1) is 0 Å². The lowest BCUT2D eigenvalue weighted by Gasteiger charge is -2.25. The number of rotatable bonds is 5.